The molecule has 78 valence electrons. The molecule has 1 heterocycles. The molecule has 2 rings (SSSR count). The van der Waals surface area contributed by atoms with Crippen LogP contribution < -0.4 is 0 Å². The third-order valence-corrected chi connectivity index (χ3v) is 2.59. The van der Waals surface area contributed by atoms with Crippen LogP contribution in [-0.2, 0) is 11.4 Å². The standard InChI is InChI=1S/C12H12BrNO/c13-12-7-4-8-14(9-12)15-10-11-5-2-1-3-6-11/h1-8H,9-10H2. The van der Waals surface area contributed by atoms with Gasteiger partial charge in [-0.1, -0.05) is 46.3 Å². The molecule has 1 aromatic carbocycles. The largest absolute Gasteiger partial charge is 0.269 e. The van der Waals surface area contributed by atoms with Gasteiger partial charge in [0.1, 0.15) is 0 Å². The van der Waals surface area contributed by atoms with E-state index in [4.69, 9.17) is 4.84 Å². The minimum atomic E-state index is 0.603. The number of nitrogens with zero attached hydrogens (tertiary/aromatic N) is 1. The summed E-state index contributed by atoms with van der Waals surface area (Å²) in [6, 6.07) is 10.1. The molecule has 0 saturated carbocycles. The molecule has 0 N–H and O–H groups in total. The van der Waals surface area contributed by atoms with E-state index in [1.165, 1.54) is 5.56 Å². The van der Waals surface area contributed by atoms with Gasteiger partial charge in [-0.25, -0.2) is 0 Å². The zero-order chi connectivity index (χ0) is 10.5. The SMILES string of the molecule is BrC1=CC=CN(OCc2ccccc2)C1. The van der Waals surface area contributed by atoms with Crippen LogP contribution in [-0.4, -0.2) is 11.6 Å². The normalized spacial score (nSPS) is 15.3. The van der Waals surface area contributed by atoms with Crippen LogP contribution in [0.1, 0.15) is 5.56 Å². The van der Waals surface area contributed by atoms with Crippen molar-refractivity contribution in [2.24, 2.45) is 0 Å². The second-order valence-electron chi connectivity index (χ2n) is 3.29. The Bertz CT molecular complexity index is 372. The molecule has 3 heteroatoms. The zero-order valence-corrected chi connectivity index (χ0v) is 9.85. The molecule has 0 aromatic heterocycles. The van der Waals surface area contributed by atoms with Crippen LogP contribution in [0.2, 0.25) is 0 Å². The average molecular weight is 266 g/mol. The summed E-state index contributed by atoms with van der Waals surface area (Å²) in [6.07, 6.45) is 5.90. The first-order valence-electron chi connectivity index (χ1n) is 4.81. The molecule has 0 bridgehead atoms. The highest BCUT2D eigenvalue weighted by molar-refractivity contribution is 9.11. The Kier molecular flexibility index (Phi) is 3.59. The van der Waals surface area contributed by atoms with E-state index in [1.807, 2.05) is 41.6 Å². The lowest BCUT2D eigenvalue weighted by Crippen LogP contribution is -2.20. The van der Waals surface area contributed by atoms with Gasteiger partial charge in [0.15, 0.2) is 0 Å². The molecule has 0 spiro atoms. The summed E-state index contributed by atoms with van der Waals surface area (Å²) in [6.45, 7) is 1.37. The zero-order valence-electron chi connectivity index (χ0n) is 8.27. The van der Waals surface area contributed by atoms with E-state index in [0.717, 1.165) is 11.0 Å². The Hall–Kier alpha value is -1.06. The van der Waals surface area contributed by atoms with Crippen molar-refractivity contribution in [2.75, 3.05) is 6.54 Å². The molecule has 0 aliphatic carbocycles. The summed E-state index contributed by atoms with van der Waals surface area (Å²) in [5.74, 6) is 0. The molecular weight excluding hydrogens is 254 g/mol. The fourth-order valence-electron chi connectivity index (χ4n) is 1.32. The molecule has 0 unspecified atom stereocenters. The minimum Gasteiger partial charge on any atom is -0.269 e. The number of benzene rings is 1. The monoisotopic (exact) mass is 265 g/mol. The highest BCUT2D eigenvalue weighted by atomic mass is 79.9. The summed E-state index contributed by atoms with van der Waals surface area (Å²) >= 11 is 3.44. The molecule has 0 saturated heterocycles. The molecule has 0 atom stereocenters. The fraction of sp³-hybridized carbons (Fsp3) is 0.167. The number of allylic oxidation sites excluding steroid dienone is 2. The van der Waals surface area contributed by atoms with Crippen molar-refractivity contribution in [3.63, 3.8) is 0 Å². The number of hydroxylamine groups is 2. The number of halogens is 1. The Morgan fingerprint density at radius 2 is 2.07 bits per heavy atom. The van der Waals surface area contributed by atoms with Gasteiger partial charge in [0.2, 0.25) is 0 Å². The Morgan fingerprint density at radius 3 is 2.80 bits per heavy atom. The van der Waals surface area contributed by atoms with Gasteiger partial charge in [-0.3, -0.25) is 9.90 Å². The summed E-state index contributed by atoms with van der Waals surface area (Å²) in [5, 5.41) is 1.82. The number of hydrogen-bond donors (Lipinski definition) is 0. The van der Waals surface area contributed by atoms with Gasteiger partial charge >= 0.3 is 0 Å². The molecule has 0 radical (unpaired) electrons. The molecule has 1 aliphatic heterocycles. The predicted molar refractivity (Wildman–Crippen MR) is 64.1 cm³/mol. The quantitative estimate of drug-likeness (QED) is 0.832. The molecule has 2 nitrogen and oxygen atoms in total. The van der Waals surface area contributed by atoms with Crippen LogP contribution in [0, 0.1) is 0 Å². The van der Waals surface area contributed by atoms with E-state index in [1.54, 1.807) is 0 Å². The van der Waals surface area contributed by atoms with Crippen LogP contribution in [0.15, 0.2) is 53.2 Å². The first-order chi connectivity index (χ1) is 7.34. The third kappa shape index (κ3) is 3.22. The van der Waals surface area contributed by atoms with Gasteiger partial charge in [-0.2, -0.15) is 0 Å². The van der Waals surface area contributed by atoms with Crippen molar-refractivity contribution in [1.29, 1.82) is 0 Å². The van der Waals surface area contributed by atoms with Crippen molar-refractivity contribution >= 4 is 15.9 Å². The van der Waals surface area contributed by atoms with Gasteiger partial charge in [0.25, 0.3) is 0 Å². The molecule has 1 aromatic rings. The summed E-state index contributed by atoms with van der Waals surface area (Å²) in [7, 11) is 0. The fourth-order valence-corrected chi connectivity index (χ4v) is 1.72. The van der Waals surface area contributed by atoms with Crippen LogP contribution in [0.3, 0.4) is 0 Å². The molecular formula is C12H12BrNO. The molecule has 0 fully saturated rings. The Labute approximate surface area is 97.9 Å². The van der Waals surface area contributed by atoms with E-state index >= 15 is 0 Å². The minimum absolute atomic E-state index is 0.603. The smallest absolute Gasteiger partial charge is 0.0999 e. The van der Waals surface area contributed by atoms with Gasteiger partial charge in [-0.05, 0) is 17.7 Å². The van der Waals surface area contributed by atoms with Crippen LogP contribution in [0.4, 0.5) is 0 Å². The van der Waals surface area contributed by atoms with E-state index in [-0.39, 0.29) is 0 Å². The van der Waals surface area contributed by atoms with E-state index in [0.29, 0.717) is 6.61 Å². The topological polar surface area (TPSA) is 12.5 Å². The Balaban J connectivity index is 1.85. The van der Waals surface area contributed by atoms with Crippen LogP contribution in [0.5, 0.6) is 0 Å². The second kappa shape index (κ2) is 5.14. The maximum absolute atomic E-state index is 5.62. The summed E-state index contributed by atoms with van der Waals surface area (Å²) < 4.78 is 1.12. The van der Waals surface area contributed by atoms with Crippen molar-refractivity contribution in [2.45, 2.75) is 6.61 Å². The van der Waals surface area contributed by atoms with Crippen molar-refractivity contribution in [3.8, 4) is 0 Å². The highest BCUT2D eigenvalue weighted by Crippen LogP contribution is 2.14. The Morgan fingerprint density at radius 1 is 1.27 bits per heavy atom. The summed E-state index contributed by atoms with van der Waals surface area (Å²) in [4.78, 5) is 5.62. The van der Waals surface area contributed by atoms with Gasteiger partial charge in [0.05, 0.1) is 13.2 Å². The maximum atomic E-state index is 5.62. The molecule has 0 amide bonds. The number of hydrogen-bond acceptors (Lipinski definition) is 2. The van der Waals surface area contributed by atoms with Gasteiger partial charge < -0.3 is 0 Å². The van der Waals surface area contributed by atoms with Crippen LogP contribution in [0.25, 0.3) is 0 Å². The lowest BCUT2D eigenvalue weighted by molar-refractivity contribution is -0.125. The first kappa shape index (κ1) is 10.5. The second-order valence-corrected chi connectivity index (χ2v) is 4.31. The summed E-state index contributed by atoms with van der Waals surface area (Å²) in [5.41, 5.74) is 1.18. The average Bonchev–Trinajstić information content (AvgIpc) is 2.28. The lowest BCUT2D eigenvalue weighted by Gasteiger charge is -2.21. The van der Waals surface area contributed by atoms with Gasteiger partial charge in [0, 0.05) is 10.7 Å². The number of rotatable bonds is 3. The van der Waals surface area contributed by atoms with Crippen molar-refractivity contribution < 1.29 is 4.84 Å². The predicted octanol–water partition coefficient (Wildman–Crippen LogP) is 3.23. The molecule has 1 aliphatic rings. The van der Waals surface area contributed by atoms with E-state index in [9.17, 15) is 0 Å². The molecule has 15 heavy (non-hydrogen) atoms. The lowest BCUT2D eigenvalue weighted by atomic mass is 10.2. The maximum Gasteiger partial charge on any atom is 0.0999 e. The van der Waals surface area contributed by atoms with E-state index < -0.39 is 0 Å². The van der Waals surface area contributed by atoms with Crippen LogP contribution >= 0.6 is 15.9 Å². The first-order valence-corrected chi connectivity index (χ1v) is 5.60. The van der Waals surface area contributed by atoms with Crippen molar-refractivity contribution in [1.82, 2.24) is 5.06 Å². The van der Waals surface area contributed by atoms with E-state index in [2.05, 4.69) is 28.1 Å². The van der Waals surface area contributed by atoms with Crippen molar-refractivity contribution in [3.05, 3.63) is 58.7 Å². The highest BCUT2D eigenvalue weighted by Gasteiger charge is 2.05. The van der Waals surface area contributed by atoms with Gasteiger partial charge in [-0.15, -0.1) is 0 Å². The third-order valence-electron chi connectivity index (χ3n) is 2.08.